The van der Waals surface area contributed by atoms with E-state index < -0.39 is 5.91 Å². The van der Waals surface area contributed by atoms with Crippen LogP contribution >= 0.6 is 0 Å². The van der Waals surface area contributed by atoms with Crippen LogP contribution in [0.5, 0.6) is 11.5 Å². The van der Waals surface area contributed by atoms with Gasteiger partial charge in [-0.2, -0.15) is 4.80 Å². The summed E-state index contributed by atoms with van der Waals surface area (Å²) in [6.45, 7) is -0.177. The molecule has 0 spiro atoms. The monoisotopic (exact) mass is 410 g/mol. The van der Waals surface area contributed by atoms with E-state index in [-0.39, 0.29) is 18.0 Å². The maximum atomic E-state index is 12.6. The van der Waals surface area contributed by atoms with Crippen molar-refractivity contribution in [3.8, 4) is 22.9 Å². The molecule has 156 valence electrons. The topological polar surface area (TPSA) is 111 Å². The molecule has 0 atom stereocenters. The number of carbonyl (C=O) groups is 2. The van der Waals surface area contributed by atoms with E-state index in [1.165, 1.54) is 36.0 Å². The van der Waals surface area contributed by atoms with Gasteiger partial charge >= 0.3 is 0 Å². The van der Waals surface area contributed by atoms with Gasteiger partial charge in [-0.3, -0.25) is 9.59 Å². The van der Waals surface area contributed by atoms with Gasteiger partial charge in [-0.05, 0) is 11.3 Å². The van der Waals surface area contributed by atoms with E-state index in [0.29, 0.717) is 23.0 Å². The molecule has 0 aliphatic rings. The maximum Gasteiger partial charge on any atom is 0.255 e. The average Bonchev–Trinajstić information content (AvgIpc) is 3.21. The Labute approximate surface area is 173 Å². The first-order valence-electron chi connectivity index (χ1n) is 9.03. The van der Waals surface area contributed by atoms with Gasteiger partial charge in [0.25, 0.3) is 5.91 Å². The second-order valence-corrected chi connectivity index (χ2v) is 6.51. The highest BCUT2D eigenvalue weighted by molar-refractivity contribution is 6.04. The summed E-state index contributed by atoms with van der Waals surface area (Å²) in [4.78, 5) is 27.8. The number of rotatable bonds is 7. The van der Waals surface area contributed by atoms with Gasteiger partial charge in [0.2, 0.25) is 11.7 Å². The molecule has 0 aliphatic heterocycles. The number of carbonyl (C=O) groups excluding carboxylic acids is 2. The molecule has 0 radical (unpaired) electrons. The third-order valence-electron chi connectivity index (χ3n) is 4.20. The zero-order chi connectivity index (χ0) is 21.7. The molecule has 3 aromatic rings. The molecular weight excluding hydrogens is 388 g/mol. The molecule has 0 bridgehead atoms. The Morgan fingerprint density at radius 2 is 1.73 bits per heavy atom. The summed E-state index contributed by atoms with van der Waals surface area (Å²) in [5.41, 5.74) is 1.35. The summed E-state index contributed by atoms with van der Waals surface area (Å²) in [7, 11) is 6.19. The van der Waals surface area contributed by atoms with Crippen LogP contribution in [-0.2, 0) is 11.3 Å². The highest BCUT2D eigenvalue weighted by atomic mass is 16.5. The molecule has 30 heavy (non-hydrogen) atoms. The third kappa shape index (κ3) is 4.54. The van der Waals surface area contributed by atoms with Gasteiger partial charge in [0, 0.05) is 25.7 Å². The molecule has 0 saturated carbocycles. The molecule has 1 aromatic heterocycles. The summed E-state index contributed by atoms with van der Waals surface area (Å²) >= 11 is 0. The Morgan fingerprint density at radius 1 is 1.07 bits per heavy atom. The Bertz CT molecular complexity index is 1050. The van der Waals surface area contributed by atoms with Crippen molar-refractivity contribution >= 4 is 17.5 Å². The van der Waals surface area contributed by atoms with Crippen molar-refractivity contribution in [2.24, 2.45) is 0 Å². The molecule has 0 saturated heterocycles. The minimum absolute atomic E-state index is 0.177. The minimum atomic E-state index is -0.424. The first-order valence-corrected chi connectivity index (χ1v) is 9.03. The Kier molecular flexibility index (Phi) is 6.26. The number of nitrogens with one attached hydrogen (secondary N) is 1. The molecule has 1 N–H and O–H groups in total. The standard InChI is InChI=1S/C20H22N6O4/c1-25(2)20(28)14-10-16(29-3)17(30-4)11-15(14)21-18(27)12-26-23-19(22-24-26)13-8-6-5-7-9-13/h5-11H,12H2,1-4H3,(H,21,27). The minimum Gasteiger partial charge on any atom is -0.493 e. The van der Waals surface area contributed by atoms with Crippen molar-refractivity contribution in [3.05, 3.63) is 48.0 Å². The third-order valence-corrected chi connectivity index (χ3v) is 4.20. The molecule has 10 nitrogen and oxygen atoms in total. The molecule has 2 aromatic carbocycles. The Balaban J connectivity index is 1.82. The molecule has 2 amide bonds. The summed E-state index contributed by atoms with van der Waals surface area (Å²) in [5.74, 6) is 0.459. The largest absolute Gasteiger partial charge is 0.493 e. The highest BCUT2D eigenvalue weighted by Gasteiger charge is 2.20. The van der Waals surface area contributed by atoms with Crippen molar-refractivity contribution in [2.75, 3.05) is 33.6 Å². The summed E-state index contributed by atoms with van der Waals surface area (Å²) in [6.07, 6.45) is 0. The van der Waals surface area contributed by atoms with E-state index >= 15 is 0 Å². The van der Waals surface area contributed by atoms with Crippen molar-refractivity contribution < 1.29 is 19.1 Å². The maximum absolute atomic E-state index is 12.6. The fourth-order valence-electron chi connectivity index (χ4n) is 2.73. The van der Waals surface area contributed by atoms with Crippen LogP contribution in [0.15, 0.2) is 42.5 Å². The zero-order valence-corrected chi connectivity index (χ0v) is 17.1. The van der Waals surface area contributed by atoms with E-state index in [1.807, 2.05) is 30.3 Å². The summed E-state index contributed by atoms with van der Waals surface area (Å²) in [5, 5.41) is 14.8. The molecule has 10 heteroatoms. The zero-order valence-electron chi connectivity index (χ0n) is 17.1. The van der Waals surface area contributed by atoms with Crippen LogP contribution < -0.4 is 14.8 Å². The van der Waals surface area contributed by atoms with Gasteiger partial charge in [-0.1, -0.05) is 30.3 Å². The molecular formula is C20H22N6O4. The normalized spacial score (nSPS) is 10.4. The Morgan fingerprint density at radius 3 is 2.37 bits per heavy atom. The fraction of sp³-hybridized carbons (Fsp3) is 0.250. The van der Waals surface area contributed by atoms with Gasteiger partial charge in [0.15, 0.2) is 11.5 Å². The van der Waals surface area contributed by atoms with Gasteiger partial charge in [0.1, 0.15) is 6.54 Å². The van der Waals surface area contributed by atoms with E-state index in [9.17, 15) is 9.59 Å². The average molecular weight is 410 g/mol. The fourth-order valence-corrected chi connectivity index (χ4v) is 2.73. The van der Waals surface area contributed by atoms with Gasteiger partial charge in [-0.25, -0.2) is 0 Å². The van der Waals surface area contributed by atoms with Crippen LogP contribution in [-0.4, -0.2) is 65.2 Å². The van der Waals surface area contributed by atoms with Crippen LogP contribution in [0.1, 0.15) is 10.4 Å². The summed E-state index contributed by atoms with van der Waals surface area (Å²) < 4.78 is 10.5. The number of ether oxygens (including phenoxy) is 2. The Hall–Kier alpha value is -3.95. The highest BCUT2D eigenvalue weighted by Crippen LogP contribution is 2.34. The molecule has 0 fully saturated rings. The predicted octanol–water partition coefficient (Wildman–Crippen LogP) is 1.70. The lowest BCUT2D eigenvalue weighted by atomic mass is 10.1. The molecule has 1 heterocycles. The van der Waals surface area contributed by atoms with E-state index in [4.69, 9.17) is 9.47 Å². The summed E-state index contributed by atoms with van der Waals surface area (Å²) in [6, 6.07) is 12.4. The van der Waals surface area contributed by atoms with E-state index in [2.05, 4.69) is 20.7 Å². The first-order chi connectivity index (χ1) is 14.4. The van der Waals surface area contributed by atoms with Crippen molar-refractivity contribution in [2.45, 2.75) is 6.54 Å². The molecule has 0 aliphatic carbocycles. The number of nitrogens with zero attached hydrogens (tertiary/aromatic N) is 5. The van der Waals surface area contributed by atoms with Crippen LogP contribution in [0.4, 0.5) is 5.69 Å². The van der Waals surface area contributed by atoms with Crippen LogP contribution in [0.25, 0.3) is 11.4 Å². The van der Waals surface area contributed by atoms with Crippen molar-refractivity contribution in [3.63, 3.8) is 0 Å². The number of aromatic nitrogens is 4. The lowest BCUT2D eigenvalue weighted by Gasteiger charge is -2.17. The van der Waals surface area contributed by atoms with E-state index in [0.717, 1.165) is 5.56 Å². The second-order valence-electron chi connectivity index (χ2n) is 6.51. The number of benzene rings is 2. The first kappa shape index (κ1) is 20.8. The SMILES string of the molecule is COc1cc(NC(=O)Cn2nnc(-c3ccccc3)n2)c(C(=O)N(C)C)cc1OC. The number of amides is 2. The van der Waals surface area contributed by atoms with Gasteiger partial charge in [-0.15, -0.1) is 10.2 Å². The number of hydrogen-bond donors (Lipinski definition) is 1. The lowest BCUT2D eigenvalue weighted by Crippen LogP contribution is -2.26. The quantitative estimate of drug-likeness (QED) is 0.631. The van der Waals surface area contributed by atoms with E-state index in [1.54, 1.807) is 14.1 Å². The van der Waals surface area contributed by atoms with Crippen molar-refractivity contribution in [1.82, 2.24) is 25.1 Å². The number of hydrogen-bond acceptors (Lipinski definition) is 7. The lowest BCUT2D eigenvalue weighted by molar-refractivity contribution is -0.117. The molecule has 3 rings (SSSR count). The van der Waals surface area contributed by atoms with Gasteiger partial charge < -0.3 is 19.7 Å². The van der Waals surface area contributed by atoms with Crippen LogP contribution in [0, 0.1) is 0 Å². The molecule has 0 unspecified atom stereocenters. The van der Waals surface area contributed by atoms with Crippen molar-refractivity contribution in [1.29, 1.82) is 0 Å². The number of anilines is 1. The predicted molar refractivity (Wildman–Crippen MR) is 109 cm³/mol. The van der Waals surface area contributed by atoms with Crippen LogP contribution in [0.2, 0.25) is 0 Å². The smallest absolute Gasteiger partial charge is 0.255 e. The van der Waals surface area contributed by atoms with Crippen LogP contribution in [0.3, 0.4) is 0 Å². The number of methoxy groups -OCH3 is 2. The second kappa shape index (κ2) is 9.03. The number of tetrazole rings is 1. The van der Waals surface area contributed by atoms with Gasteiger partial charge in [0.05, 0.1) is 25.5 Å².